The Hall–Kier alpha value is -3.07. The smallest absolute Gasteiger partial charge is 0.279 e. The molecule has 0 fully saturated rings. The molecule has 0 spiro atoms. The van der Waals surface area contributed by atoms with Crippen LogP contribution >= 0.6 is 11.3 Å². The van der Waals surface area contributed by atoms with Crippen molar-refractivity contribution in [2.75, 3.05) is 11.9 Å². The Balaban J connectivity index is 1.49. The number of thiophene rings is 1. The lowest BCUT2D eigenvalue weighted by atomic mass is 9.72. The number of fused-ring (bicyclic) bond motifs is 4. The third-order valence-electron chi connectivity index (χ3n) is 6.77. The minimum absolute atomic E-state index is 0.0524. The minimum Gasteiger partial charge on any atom is -0.482 e. The monoisotopic (exact) mass is 466 g/mol. The van der Waals surface area contributed by atoms with Gasteiger partial charge in [0.1, 0.15) is 11.8 Å². The van der Waals surface area contributed by atoms with Gasteiger partial charge in [0, 0.05) is 10.4 Å². The molecule has 5 rings (SSSR count). The molecule has 172 valence electrons. The highest BCUT2D eigenvalue weighted by atomic mass is 32.1. The van der Waals surface area contributed by atoms with Crippen molar-refractivity contribution in [1.29, 1.82) is 0 Å². The van der Waals surface area contributed by atoms with Crippen LogP contribution in [-0.4, -0.2) is 33.3 Å². The Morgan fingerprint density at radius 1 is 1.30 bits per heavy atom. The van der Waals surface area contributed by atoms with E-state index in [0.29, 0.717) is 33.1 Å². The topological polar surface area (TPSA) is 103 Å². The summed E-state index contributed by atoms with van der Waals surface area (Å²) in [6.07, 6.45) is 2.81. The van der Waals surface area contributed by atoms with Gasteiger partial charge >= 0.3 is 0 Å². The van der Waals surface area contributed by atoms with Crippen molar-refractivity contribution in [1.82, 2.24) is 15.0 Å². The van der Waals surface area contributed by atoms with Crippen LogP contribution in [0.5, 0.6) is 5.75 Å². The summed E-state index contributed by atoms with van der Waals surface area (Å²) in [7, 11) is 0. The van der Waals surface area contributed by atoms with Crippen LogP contribution in [0.2, 0.25) is 0 Å². The number of ether oxygens (including phenoxy) is 1. The maximum Gasteiger partial charge on any atom is 0.279 e. The van der Waals surface area contributed by atoms with Gasteiger partial charge in [-0.3, -0.25) is 14.4 Å². The highest BCUT2D eigenvalue weighted by Gasteiger charge is 2.32. The largest absolute Gasteiger partial charge is 0.482 e. The highest BCUT2D eigenvalue weighted by Crippen LogP contribution is 2.42. The summed E-state index contributed by atoms with van der Waals surface area (Å²) in [5.74, 6) is 0.506. The predicted octanol–water partition coefficient (Wildman–Crippen LogP) is 3.78. The number of aryl methyl sites for hydroxylation is 1. The fourth-order valence-electron chi connectivity index (χ4n) is 4.69. The number of hydrogen-bond donors (Lipinski definition) is 1. The van der Waals surface area contributed by atoms with Crippen LogP contribution in [0.25, 0.3) is 10.2 Å². The zero-order valence-electron chi connectivity index (χ0n) is 19.1. The Morgan fingerprint density at radius 3 is 2.85 bits per heavy atom. The fraction of sp³-hybridized carbons (Fsp3) is 0.458. The molecule has 0 saturated carbocycles. The second-order valence-corrected chi connectivity index (χ2v) is 11.0. The van der Waals surface area contributed by atoms with Gasteiger partial charge in [0.2, 0.25) is 0 Å². The molecule has 3 aromatic rings. The second-order valence-electron chi connectivity index (χ2n) is 9.92. The second kappa shape index (κ2) is 7.76. The summed E-state index contributed by atoms with van der Waals surface area (Å²) < 4.78 is 6.54. The molecule has 8 nitrogen and oxygen atoms in total. The Kier molecular flexibility index (Phi) is 5.12. The average Bonchev–Trinajstić information content (AvgIpc) is 3.16. The number of nitrogens with one attached hydrogen (secondary N) is 1. The number of hydrogen-bond acceptors (Lipinski definition) is 7. The molecule has 1 aromatic carbocycles. The number of carbonyl (C=O) groups excluding carboxylic acids is 2. The first-order valence-corrected chi connectivity index (χ1v) is 12.0. The number of benzene rings is 1. The lowest BCUT2D eigenvalue weighted by molar-refractivity contribution is -0.118. The van der Waals surface area contributed by atoms with E-state index in [0.717, 1.165) is 24.8 Å². The summed E-state index contributed by atoms with van der Waals surface area (Å²) >= 11 is 1.55. The van der Waals surface area contributed by atoms with E-state index in [1.807, 2.05) is 0 Å². The normalized spacial score (nSPS) is 18.8. The van der Waals surface area contributed by atoms with Gasteiger partial charge in [0.15, 0.2) is 17.2 Å². The van der Waals surface area contributed by atoms with E-state index in [-0.39, 0.29) is 29.3 Å². The molecule has 2 aromatic heterocycles. The number of carbonyl (C=O) groups is 2. The molecular formula is C24H26N4O4S. The van der Waals surface area contributed by atoms with Crippen LogP contribution in [0.4, 0.5) is 5.69 Å². The third kappa shape index (κ3) is 3.74. The molecule has 0 saturated heterocycles. The van der Waals surface area contributed by atoms with Crippen molar-refractivity contribution in [3.63, 3.8) is 0 Å². The molecule has 1 amide bonds. The zero-order valence-corrected chi connectivity index (χ0v) is 19.9. The number of anilines is 1. The number of amides is 1. The molecule has 1 N–H and O–H groups in total. The van der Waals surface area contributed by atoms with Crippen LogP contribution in [0.15, 0.2) is 23.0 Å². The number of aromatic nitrogens is 3. The SMILES string of the molecule is CC(C(=O)c1ccc2c(c1)NC(=O)CO2)n1nnc2sc3c(c2c1=O)CCC(C(C)(C)C)C3. The van der Waals surface area contributed by atoms with Gasteiger partial charge in [0.05, 0.1) is 11.1 Å². The van der Waals surface area contributed by atoms with Crippen molar-refractivity contribution >= 4 is 38.9 Å². The number of Topliss-reactive ketones (excluding diaryl/α,β-unsaturated/α-hetero) is 1. The highest BCUT2D eigenvalue weighted by molar-refractivity contribution is 7.18. The van der Waals surface area contributed by atoms with Crippen LogP contribution in [0.1, 0.15) is 61.0 Å². The quantitative estimate of drug-likeness (QED) is 0.589. The minimum atomic E-state index is -0.839. The van der Waals surface area contributed by atoms with Crippen molar-refractivity contribution in [3.05, 3.63) is 44.6 Å². The molecule has 1 aliphatic heterocycles. The first-order valence-electron chi connectivity index (χ1n) is 11.1. The van der Waals surface area contributed by atoms with Crippen LogP contribution in [-0.2, 0) is 17.6 Å². The molecule has 0 bridgehead atoms. The lowest BCUT2D eigenvalue weighted by Gasteiger charge is -2.33. The van der Waals surface area contributed by atoms with E-state index < -0.39 is 6.04 Å². The van der Waals surface area contributed by atoms with Crippen LogP contribution in [0, 0.1) is 11.3 Å². The van der Waals surface area contributed by atoms with Gasteiger partial charge in [-0.1, -0.05) is 26.0 Å². The first kappa shape index (κ1) is 21.8. The van der Waals surface area contributed by atoms with Gasteiger partial charge < -0.3 is 10.1 Å². The molecule has 2 unspecified atom stereocenters. The van der Waals surface area contributed by atoms with E-state index in [1.54, 1.807) is 36.5 Å². The molecule has 2 atom stereocenters. The maximum absolute atomic E-state index is 13.4. The molecular weight excluding hydrogens is 440 g/mol. The summed E-state index contributed by atoms with van der Waals surface area (Å²) in [4.78, 5) is 40.1. The van der Waals surface area contributed by atoms with Crippen molar-refractivity contribution < 1.29 is 14.3 Å². The van der Waals surface area contributed by atoms with Gasteiger partial charge in [0.25, 0.3) is 11.5 Å². The molecule has 33 heavy (non-hydrogen) atoms. The van der Waals surface area contributed by atoms with Gasteiger partial charge in [-0.15, -0.1) is 16.4 Å². The number of nitrogens with zero attached hydrogens (tertiary/aromatic N) is 3. The average molecular weight is 467 g/mol. The van der Waals surface area contributed by atoms with Crippen LogP contribution in [0.3, 0.4) is 0 Å². The summed E-state index contributed by atoms with van der Waals surface area (Å²) in [6.45, 7) is 8.37. The van der Waals surface area contributed by atoms with E-state index in [9.17, 15) is 14.4 Å². The molecule has 0 radical (unpaired) electrons. The molecule has 2 aliphatic rings. The Morgan fingerprint density at radius 2 is 2.09 bits per heavy atom. The van der Waals surface area contributed by atoms with Gasteiger partial charge in [-0.2, -0.15) is 4.68 Å². The van der Waals surface area contributed by atoms with E-state index in [1.165, 1.54) is 9.56 Å². The Labute approximate surface area is 194 Å². The maximum atomic E-state index is 13.4. The predicted molar refractivity (Wildman–Crippen MR) is 126 cm³/mol. The molecule has 9 heteroatoms. The zero-order chi connectivity index (χ0) is 23.5. The van der Waals surface area contributed by atoms with Gasteiger partial charge in [-0.05, 0) is 61.3 Å². The van der Waals surface area contributed by atoms with E-state index in [4.69, 9.17) is 4.74 Å². The summed E-state index contributed by atoms with van der Waals surface area (Å²) in [5.41, 5.74) is 1.80. The summed E-state index contributed by atoms with van der Waals surface area (Å²) in [6, 6.07) is 4.01. The Bertz CT molecular complexity index is 1350. The van der Waals surface area contributed by atoms with Crippen molar-refractivity contribution in [2.24, 2.45) is 11.3 Å². The van der Waals surface area contributed by atoms with Gasteiger partial charge in [-0.25, -0.2) is 0 Å². The van der Waals surface area contributed by atoms with E-state index in [2.05, 4.69) is 36.4 Å². The first-order chi connectivity index (χ1) is 15.6. The number of ketones is 1. The molecule has 3 heterocycles. The van der Waals surface area contributed by atoms with Crippen molar-refractivity contribution in [2.45, 2.75) is 53.0 Å². The van der Waals surface area contributed by atoms with E-state index >= 15 is 0 Å². The third-order valence-corrected chi connectivity index (χ3v) is 7.91. The standard InChI is InChI=1S/C24H26N4O4S/c1-12(21(30)13-5-8-17-16(9-13)25-19(29)11-32-17)28-23(31)20-15-7-6-14(24(2,3)4)10-18(15)33-22(20)26-27-28/h5,8-9,12,14H,6-7,10-11H2,1-4H3,(H,25,29). The summed E-state index contributed by atoms with van der Waals surface area (Å²) in [5, 5.41) is 11.7. The fourth-order valence-corrected chi connectivity index (χ4v) is 5.92. The van der Waals surface area contributed by atoms with Crippen molar-refractivity contribution in [3.8, 4) is 5.75 Å². The van der Waals surface area contributed by atoms with Crippen LogP contribution < -0.4 is 15.6 Å². The number of rotatable bonds is 3. The molecule has 1 aliphatic carbocycles. The lowest BCUT2D eigenvalue weighted by Crippen LogP contribution is -2.32.